The highest BCUT2D eigenvalue weighted by atomic mass is 15.1. The molecule has 0 unspecified atom stereocenters. The van der Waals surface area contributed by atoms with E-state index >= 15 is 0 Å². The van der Waals surface area contributed by atoms with Gasteiger partial charge in [-0.2, -0.15) is 0 Å². The number of anilines is 3. The fraction of sp³-hybridized carbons (Fsp3) is 0.0784. The number of fused-ring (bicyclic) bond motifs is 5. The van der Waals surface area contributed by atoms with Crippen LogP contribution in [-0.4, -0.2) is 19.5 Å². The molecule has 0 aliphatic rings. The van der Waals surface area contributed by atoms with Gasteiger partial charge in [0.25, 0.3) is 0 Å². The maximum Gasteiger partial charge on any atom is 0.0973 e. The number of rotatable bonds is 6. The normalized spacial score (nSPS) is 11.8. The van der Waals surface area contributed by atoms with Crippen LogP contribution in [0.25, 0.3) is 71.9 Å². The number of hydrogen-bond donors (Lipinski definition) is 0. The first kappa shape index (κ1) is 33.5. The quantitative estimate of drug-likeness (QED) is 0.171. The molecule has 0 aliphatic heterocycles. The van der Waals surface area contributed by atoms with Crippen molar-refractivity contribution in [2.75, 3.05) is 4.90 Å². The Morgan fingerprint density at radius 2 is 1.00 bits per heavy atom. The zero-order valence-corrected chi connectivity index (χ0v) is 31.6. The van der Waals surface area contributed by atoms with Crippen molar-refractivity contribution in [2.24, 2.45) is 0 Å². The van der Waals surface area contributed by atoms with Crippen molar-refractivity contribution in [3.63, 3.8) is 0 Å². The molecular formula is C51H39N5. The summed E-state index contributed by atoms with van der Waals surface area (Å²) in [4.78, 5) is 17.6. The van der Waals surface area contributed by atoms with Crippen molar-refractivity contribution >= 4 is 60.8 Å². The Morgan fingerprint density at radius 3 is 1.59 bits per heavy atom. The van der Waals surface area contributed by atoms with Crippen LogP contribution in [-0.2, 0) is 5.41 Å². The number of aromatic nitrogens is 4. The van der Waals surface area contributed by atoms with Crippen molar-refractivity contribution in [1.82, 2.24) is 19.5 Å². The number of nitrogens with zero attached hydrogens (tertiary/aromatic N) is 5. The predicted molar refractivity (Wildman–Crippen MR) is 233 cm³/mol. The largest absolute Gasteiger partial charge is 0.309 e. The van der Waals surface area contributed by atoms with Crippen LogP contribution < -0.4 is 4.90 Å². The van der Waals surface area contributed by atoms with Crippen LogP contribution in [0.4, 0.5) is 17.1 Å². The van der Waals surface area contributed by atoms with Crippen LogP contribution in [0.2, 0.25) is 0 Å². The molecule has 0 bridgehead atoms. The summed E-state index contributed by atoms with van der Waals surface area (Å²) in [7, 11) is 0. The summed E-state index contributed by atoms with van der Waals surface area (Å²) >= 11 is 0. The predicted octanol–water partition coefficient (Wildman–Crippen LogP) is 13.4. The van der Waals surface area contributed by atoms with Crippen LogP contribution >= 0.6 is 0 Å². The molecule has 7 aromatic carbocycles. The molecule has 0 N–H and O–H groups in total. The summed E-state index contributed by atoms with van der Waals surface area (Å²) in [5, 5.41) is 3.58. The minimum atomic E-state index is 0.0586. The third-order valence-corrected chi connectivity index (χ3v) is 10.8. The minimum Gasteiger partial charge on any atom is -0.309 e. The molecule has 0 fully saturated rings. The summed E-state index contributed by atoms with van der Waals surface area (Å²) in [5.41, 5.74) is 14.3. The Kier molecular flexibility index (Phi) is 7.96. The van der Waals surface area contributed by atoms with Crippen LogP contribution in [0.3, 0.4) is 0 Å². The summed E-state index contributed by atoms with van der Waals surface area (Å²) in [6, 6.07) is 62.2. The molecule has 0 aliphatic carbocycles. The van der Waals surface area contributed by atoms with E-state index in [9.17, 15) is 0 Å². The molecule has 56 heavy (non-hydrogen) atoms. The van der Waals surface area contributed by atoms with Gasteiger partial charge in [0, 0.05) is 50.5 Å². The zero-order chi connectivity index (χ0) is 37.8. The van der Waals surface area contributed by atoms with Crippen LogP contribution in [0, 0.1) is 0 Å². The fourth-order valence-electron chi connectivity index (χ4n) is 7.95. The Balaban J connectivity index is 1.10. The van der Waals surface area contributed by atoms with Crippen molar-refractivity contribution in [3.8, 4) is 28.2 Å². The molecule has 0 atom stereocenters. The van der Waals surface area contributed by atoms with E-state index in [1.54, 1.807) is 0 Å². The molecule has 0 saturated carbocycles. The Labute approximate surface area is 326 Å². The van der Waals surface area contributed by atoms with Crippen LogP contribution in [0.5, 0.6) is 0 Å². The second-order valence-corrected chi connectivity index (χ2v) is 15.4. The second-order valence-electron chi connectivity index (χ2n) is 15.4. The molecule has 5 nitrogen and oxygen atoms in total. The molecule has 10 rings (SSSR count). The standard InChI is InChI=1S/C51H39N5/c1-51(2,3)37-25-21-35(22-26-37)49-50(54-44-17-7-6-16-43(44)53-49)36-23-27-38(28-24-36)55(47-20-10-12-34-13-11-33-52-48(34)47)39-29-31-40(32-30-39)56-45-18-8-4-14-41(45)42-15-5-9-19-46(42)56/h4-33H,1-3H3. The Morgan fingerprint density at radius 1 is 0.482 bits per heavy atom. The van der Waals surface area contributed by atoms with Crippen molar-refractivity contribution in [3.05, 3.63) is 188 Å². The zero-order valence-electron chi connectivity index (χ0n) is 31.6. The fourth-order valence-corrected chi connectivity index (χ4v) is 7.95. The molecule has 0 radical (unpaired) electrons. The summed E-state index contributed by atoms with van der Waals surface area (Å²) < 4.78 is 2.35. The molecule has 0 saturated heterocycles. The van der Waals surface area contributed by atoms with Crippen molar-refractivity contribution in [1.29, 1.82) is 0 Å². The molecule has 0 amide bonds. The number of para-hydroxylation sites is 5. The molecular weight excluding hydrogens is 683 g/mol. The van der Waals surface area contributed by atoms with Crippen molar-refractivity contribution in [2.45, 2.75) is 26.2 Å². The molecule has 3 heterocycles. The van der Waals surface area contributed by atoms with E-state index in [4.69, 9.17) is 15.0 Å². The van der Waals surface area contributed by atoms with Gasteiger partial charge in [-0.05, 0) is 83.8 Å². The first-order valence-corrected chi connectivity index (χ1v) is 19.1. The SMILES string of the molecule is CC(C)(C)c1ccc(-c2nc3ccccc3nc2-c2ccc(N(c3ccc(-n4c5ccccc5c5ccccc54)cc3)c3cccc4cccnc34)cc2)cc1. The van der Waals surface area contributed by atoms with Gasteiger partial charge >= 0.3 is 0 Å². The molecule has 5 heteroatoms. The molecule has 268 valence electrons. The average Bonchev–Trinajstić information content (AvgIpc) is 3.58. The van der Waals surface area contributed by atoms with Gasteiger partial charge < -0.3 is 9.47 Å². The maximum absolute atomic E-state index is 5.21. The smallest absolute Gasteiger partial charge is 0.0973 e. The average molecular weight is 722 g/mol. The summed E-state index contributed by atoms with van der Waals surface area (Å²) in [6.45, 7) is 6.72. The lowest BCUT2D eigenvalue weighted by molar-refractivity contribution is 0.590. The third kappa shape index (κ3) is 5.76. The van der Waals surface area contributed by atoms with E-state index in [0.717, 1.165) is 67.2 Å². The topological polar surface area (TPSA) is 46.8 Å². The lowest BCUT2D eigenvalue weighted by Crippen LogP contribution is -2.11. The molecule has 0 spiro atoms. The highest BCUT2D eigenvalue weighted by Crippen LogP contribution is 2.41. The maximum atomic E-state index is 5.21. The Bertz CT molecular complexity index is 2990. The Hall–Kier alpha value is -7.11. The first-order valence-electron chi connectivity index (χ1n) is 19.1. The van der Waals surface area contributed by atoms with E-state index < -0.39 is 0 Å². The van der Waals surface area contributed by atoms with Gasteiger partial charge in [0.2, 0.25) is 0 Å². The van der Waals surface area contributed by atoms with Gasteiger partial charge in [0.1, 0.15) is 0 Å². The van der Waals surface area contributed by atoms with Crippen molar-refractivity contribution < 1.29 is 0 Å². The van der Waals surface area contributed by atoms with Gasteiger partial charge in [-0.15, -0.1) is 0 Å². The van der Waals surface area contributed by atoms with E-state index in [1.165, 1.54) is 27.4 Å². The highest BCUT2D eigenvalue weighted by Gasteiger charge is 2.20. The van der Waals surface area contributed by atoms with Crippen LogP contribution in [0.1, 0.15) is 26.3 Å². The van der Waals surface area contributed by atoms with E-state index in [-0.39, 0.29) is 5.41 Å². The first-order chi connectivity index (χ1) is 27.4. The summed E-state index contributed by atoms with van der Waals surface area (Å²) in [6.07, 6.45) is 1.87. The monoisotopic (exact) mass is 721 g/mol. The molecule has 10 aromatic rings. The summed E-state index contributed by atoms with van der Waals surface area (Å²) in [5.74, 6) is 0. The highest BCUT2D eigenvalue weighted by molar-refractivity contribution is 6.09. The van der Waals surface area contributed by atoms with Gasteiger partial charge in [-0.25, -0.2) is 9.97 Å². The minimum absolute atomic E-state index is 0.0586. The van der Waals surface area contributed by atoms with Gasteiger partial charge in [-0.1, -0.05) is 124 Å². The van der Waals surface area contributed by atoms with E-state index in [0.29, 0.717) is 0 Å². The van der Waals surface area contributed by atoms with E-state index in [2.05, 4.69) is 176 Å². The lowest BCUT2D eigenvalue weighted by Gasteiger charge is -2.27. The number of benzene rings is 7. The lowest BCUT2D eigenvalue weighted by atomic mass is 9.86. The number of pyridine rings is 1. The van der Waals surface area contributed by atoms with Gasteiger partial charge in [0.15, 0.2) is 0 Å². The van der Waals surface area contributed by atoms with E-state index in [1.807, 2.05) is 36.5 Å². The van der Waals surface area contributed by atoms with Gasteiger partial charge in [0.05, 0.1) is 44.7 Å². The third-order valence-electron chi connectivity index (χ3n) is 10.8. The van der Waals surface area contributed by atoms with Crippen LogP contribution in [0.15, 0.2) is 182 Å². The number of hydrogen-bond acceptors (Lipinski definition) is 4. The van der Waals surface area contributed by atoms with Gasteiger partial charge in [-0.3, -0.25) is 4.98 Å². The molecule has 3 aromatic heterocycles. The second kappa shape index (κ2) is 13.3.